The molecule has 1 amide bonds. The highest BCUT2D eigenvalue weighted by Gasteiger charge is 2.26. The molecule has 4 nitrogen and oxygen atoms in total. The predicted octanol–water partition coefficient (Wildman–Crippen LogP) is 3.43. The van der Waals surface area contributed by atoms with Gasteiger partial charge in [-0.15, -0.1) is 12.4 Å². The largest absolute Gasteiger partial charge is 0.330 e. The molecule has 6 heteroatoms. The van der Waals surface area contributed by atoms with Crippen LogP contribution in [0, 0.1) is 5.82 Å². The zero-order valence-corrected chi connectivity index (χ0v) is 14.8. The van der Waals surface area contributed by atoms with E-state index in [-0.39, 0.29) is 30.2 Å². The van der Waals surface area contributed by atoms with Crippen molar-refractivity contribution in [3.05, 3.63) is 65.7 Å². The number of carbonyl (C=O) groups excluding carboxylic acids is 1. The molecule has 2 aromatic rings. The Morgan fingerprint density at radius 2 is 1.96 bits per heavy atom. The summed E-state index contributed by atoms with van der Waals surface area (Å²) in [6.45, 7) is 2.36. The fraction of sp³-hybridized carbons (Fsp3) is 0.368. The highest BCUT2D eigenvalue weighted by Crippen LogP contribution is 2.19. The number of hydrogen-bond donors (Lipinski definition) is 1. The second kappa shape index (κ2) is 9.49. The van der Waals surface area contributed by atoms with Crippen LogP contribution in [-0.2, 0) is 6.54 Å². The first-order valence-corrected chi connectivity index (χ1v) is 8.41. The van der Waals surface area contributed by atoms with E-state index < -0.39 is 0 Å². The normalized spacial score (nSPS) is 17.2. The van der Waals surface area contributed by atoms with E-state index in [1.807, 2.05) is 23.1 Å². The molecule has 0 saturated carbocycles. The highest BCUT2D eigenvalue weighted by atomic mass is 35.5. The van der Waals surface area contributed by atoms with Crippen LogP contribution in [0.4, 0.5) is 4.39 Å². The average Bonchev–Trinajstić information content (AvgIpc) is 2.90. The molecule has 1 unspecified atom stereocenters. The number of benzene rings is 1. The van der Waals surface area contributed by atoms with Crippen molar-refractivity contribution < 1.29 is 9.18 Å². The Labute approximate surface area is 153 Å². The van der Waals surface area contributed by atoms with Crippen molar-refractivity contribution in [2.75, 3.05) is 13.1 Å². The summed E-state index contributed by atoms with van der Waals surface area (Å²) in [5.41, 5.74) is 1.38. The molecule has 25 heavy (non-hydrogen) atoms. The molecule has 0 aliphatic carbocycles. The Balaban J connectivity index is 0.00000225. The van der Waals surface area contributed by atoms with E-state index in [4.69, 9.17) is 0 Å². The van der Waals surface area contributed by atoms with E-state index in [0.717, 1.165) is 38.0 Å². The molecule has 1 atom stereocenters. The smallest absolute Gasteiger partial charge is 0.254 e. The van der Waals surface area contributed by atoms with Gasteiger partial charge in [0.2, 0.25) is 0 Å². The molecular weight excluding hydrogens is 341 g/mol. The Hall–Kier alpha value is -1.98. The fourth-order valence-corrected chi connectivity index (χ4v) is 3.10. The third-order valence-electron chi connectivity index (χ3n) is 4.40. The summed E-state index contributed by atoms with van der Waals surface area (Å²) in [5, 5.41) is 3.38. The highest BCUT2D eigenvalue weighted by molar-refractivity contribution is 5.94. The summed E-state index contributed by atoms with van der Waals surface area (Å²) in [6, 6.07) is 11.7. The van der Waals surface area contributed by atoms with Gasteiger partial charge in [0, 0.05) is 17.8 Å². The zero-order valence-electron chi connectivity index (χ0n) is 14.0. The number of pyridine rings is 1. The van der Waals surface area contributed by atoms with Crippen LogP contribution in [0.5, 0.6) is 0 Å². The molecule has 0 radical (unpaired) electrons. The van der Waals surface area contributed by atoms with Gasteiger partial charge < -0.3 is 10.2 Å². The number of halogens is 2. The molecule has 1 N–H and O–H groups in total. The van der Waals surface area contributed by atoms with Crippen molar-refractivity contribution in [1.82, 2.24) is 15.2 Å². The molecule has 1 aromatic heterocycles. The van der Waals surface area contributed by atoms with E-state index in [0.29, 0.717) is 12.1 Å². The standard InChI is InChI=1S/C19H22FN3O.ClH/c20-16-8-6-15(7-9-16)19(24)23(14-17-4-1-2-12-22-17)18-5-3-11-21-13-10-18;/h1-2,4,6-9,12,18,21H,3,5,10-11,13-14H2;1H. The summed E-state index contributed by atoms with van der Waals surface area (Å²) >= 11 is 0. The van der Waals surface area contributed by atoms with E-state index in [9.17, 15) is 9.18 Å². The van der Waals surface area contributed by atoms with Crippen LogP contribution in [0.1, 0.15) is 35.3 Å². The number of amides is 1. The minimum Gasteiger partial charge on any atom is -0.330 e. The van der Waals surface area contributed by atoms with Crippen molar-refractivity contribution in [2.24, 2.45) is 0 Å². The quantitative estimate of drug-likeness (QED) is 0.905. The number of rotatable bonds is 4. The van der Waals surface area contributed by atoms with Gasteiger partial charge in [0.05, 0.1) is 12.2 Å². The maximum absolute atomic E-state index is 13.2. The van der Waals surface area contributed by atoms with E-state index in [1.54, 1.807) is 18.3 Å². The van der Waals surface area contributed by atoms with Crippen molar-refractivity contribution in [3.63, 3.8) is 0 Å². The summed E-state index contributed by atoms with van der Waals surface area (Å²) in [6.07, 6.45) is 4.66. The maximum atomic E-state index is 13.2. The number of hydrogen-bond acceptors (Lipinski definition) is 3. The summed E-state index contributed by atoms with van der Waals surface area (Å²) in [5.74, 6) is -0.394. The van der Waals surface area contributed by atoms with Crippen molar-refractivity contribution >= 4 is 18.3 Å². The molecule has 3 rings (SSSR count). The lowest BCUT2D eigenvalue weighted by Gasteiger charge is -2.31. The van der Waals surface area contributed by atoms with Gasteiger partial charge in [0.15, 0.2) is 0 Å². The number of nitrogens with one attached hydrogen (secondary N) is 1. The van der Waals surface area contributed by atoms with Crippen LogP contribution in [0.25, 0.3) is 0 Å². The van der Waals surface area contributed by atoms with Gasteiger partial charge in [-0.05, 0) is 68.8 Å². The Kier molecular flexibility index (Phi) is 7.34. The van der Waals surface area contributed by atoms with Crippen molar-refractivity contribution in [1.29, 1.82) is 0 Å². The van der Waals surface area contributed by atoms with E-state index in [1.165, 1.54) is 12.1 Å². The van der Waals surface area contributed by atoms with Crippen LogP contribution in [0.3, 0.4) is 0 Å². The molecule has 1 aromatic carbocycles. The maximum Gasteiger partial charge on any atom is 0.254 e. The third-order valence-corrected chi connectivity index (χ3v) is 4.40. The molecule has 1 fully saturated rings. The molecule has 2 heterocycles. The molecule has 1 saturated heterocycles. The minimum atomic E-state index is -0.332. The van der Waals surface area contributed by atoms with Crippen LogP contribution in [0.15, 0.2) is 48.7 Å². The molecule has 0 spiro atoms. The lowest BCUT2D eigenvalue weighted by molar-refractivity contribution is 0.0642. The number of aromatic nitrogens is 1. The molecule has 1 aliphatic heterocycles. The second-order valence-electron chi connectivity index (χ2n) is 6.10. The fourth-order valence-electron chi connectivity index (χ4n) is 3.10. The first kappa shape index (κ1) is 19.3. The first-order valence-electron chi connectivity index (χ1n) is 8.41. The van der Waals surface area contributed by atoms with Gasteiger partial charge in [0.1, 0.15) is 5.82 Å². The van der Waals surface area contributed by atoms with Gasteiger partial charge in [-0.3, -0.25) is 9.78 Å². The van der Waals surface area contributed by atoms with Crippen LogP contribution < -0.4 is 5.32 Å². The predicted molar refractivity (Wildman–Crippen MR) is 98.3 cm³/mol. The Morgan fingerprint density at radius 3 is 2.68 bits per heavy atom. The third kappa shape index (κ3) is 5.25. The van der Waals surface area contributed by atoms with Gasteiger partial charge >= 0.3 is 0 Å². The number of carbonyl (C=O) groups is 1. The topological polar surface area (TPSA) is 45.2 Å². The average molecular weight is 364 g/mol. The first-order chi connectivity index (χ1) is 11.7. The van der Waals surface area contributed by atoms with E-state index >= 15 is 0 Å². The van der Waals surface area contributed by atoms with Gasteiger partial charge in [0.25, 0.3) is 5.91 Å². The van der Waals surface area contributed by atoms with Gasteiger partial charge in [-0.2, -0.15) is 0 Å². The molecular formula is C19H23ClFN3O. The summed E-state index contributed by atoms with van der Waals surface area (Å²) in [4.78, 5) is 19.3. The summed E-state index contributed by atoms with van der Waals surface area (Å²) in [7, 11) is 0. The SMILES string of the molecule is Cl.O=C(c1ccc(F)cc1)N(Cc1ccccn1)C1CCCNCC1. The molecule has 0 bridgehead atoms. The van der Waals surface area contributed by atoms with E-state index in [2.05, 4.69) is 10.3 Å². The molecule has 134 valence electrons. The van der Waals surface area contributed by atoms with Crippen LogP contribution >= 0.6 is 12.4 Å². The van der Waals surface area contributed by atoms with Crippen molar-refractivity contribution in [2.45, 2.75) is 31.8 Å². The Bertz CT molecular complexity index is 658. The second-order valence-corrected chi connectivity index (χ2v) is 6.10. The van der Waals surface area contributed by atoms with Gasteiger partial charge in [-0.25, -0.2) is 4.39 Å². The zero-order chi connectivity index (χ0) is 16.8. The Morgan fingerprint density at radius 1 is 1.16 bits per heavy atom. The van der Waals surface area contributed by atoms with Crippen LogP contribution in [0.2, 0.25) is 0 Å². The molecule has 1 aliphatic rings. The van der Waals surface area contributed by atoms with Crippen molar-refractivity contribution in [3.8, 4) is 0 Å². The lowest BCUT2D eigenvalue weighted by Crippen LogP contribution is -2.40. The number of nitrogens with zero attached hydrogens (tertiary/aromatic N) is 2. The lowest BCUT2D eigenvalue weighted by atomic mass is 10.0. The summed E-state index contributed by atoms with van der Waals surface area (Å²) < 4.78 is 13.2. The monoisotopic (exact) mass is 363 g/mol. The minimum absolute atomic E-state index is 0. The van der Waals surface area contributed by atoms with Gasteiger partial charge in [-0.1, -0.05) is 6.07 Å². The van der Waals surface area contributed by atoms with Crippen LogP contribution in [-0.4, -0.2) is 34.9 Å².